The van der Waals surface area contributed by atoms with Crippen LogP contribution < -0.4 is 15.4 Å². The number of morpholine rings is 1. The van der Waals surface area contributed by atoms with Crippen LogP contribution in [0, 0.1) is 5.92 Å². The summed E-state index contributed by atoms with van der Waals surface area (Å²) in [5, 5.41) is 6.62. The van der Waals surface area contributed by atoms with Crippen LogP contribution in [0.4, 0.5) is 0 Å². The van der Waals surface area contributed by atoms with E-state index in [-0.39, 0.29) is 0 Å². The summed E-state index contributed by atoms with van der Waals surface area (Å²) >= 11 is 0. The summed E-state index contributed by atoms with van der Waals surface area (Å²) in [6, 6.07) is 9.87. The Hall–Kier alpha value is -1.79. The van der Waals surface area contributed by atoms with Gasteiger partial charge in [0.25, 0.3) is 0 Å². The highest BCUT2D eigenvalue weighted by atomic mass is 16.5. The number of para-hydroxylation sites is 1. The number of nitrogens with zero attached hydrogens (tertiary/aromatic N) is 2. The number of rotatable bonds is 9. The molecule has 1 unspecified atom stereocenters. The van der Waals surface area contributed by atoms with E-state index in [1.165, 1.54) is 0 Å². The van der Waals surface area contributed by atoms with Gasteiger partial charge in [-0.3, -0.25) is 9.89 Å². The summed E-state index contributed by atoms with van der Waals surface area (Å²) in [6.45, 7) is 12.2. The van der Waals surface area contributed by atoms with Gasteiger partial charge in [-0.15, -0.1) is 0 Å². The van der Waals surface area contributed by atoms with Crippen molar-refractivity contribution in [2.45, 2.75) is 13.8 Å². The number of hydrogen-bond donors (Lipinski definition) is 2. The molecule has 1 heterocycles. The highest BCUT2D eigenvalue weighted by Crippen LogP contribution is 2.07. The molecule has 1 aromatic rings. The summed E-state index contributed by atoms with van der Waals surface area (Å²) in [7, 11) is 0. The van der Waals surface area contributed by atoms with Crippen molar-refractivity contribution in [3.05, 3.63) is 30.3 Å². The van der Waals surface area contributed by atoms with Gasteiger partial charge < -0.3 is 20.1 Å². The van der Waals surface area contributed by atoms with Gasteiger partial charge in [-0.1, -0.05) is 25.1 Å². The highest BCUT2D eigenvalue weighted by Gasteiger charge is 2.13. The first-order valence-corrected chi connectivity index (χ1v) is 9.28. The second kappa shape index (κ2) is 11.7. The summed E-state index contributed by atoms with van der Waals surface area (Å²) in [6.07, 6.45) is 0. The quantitative estimate of drug-likeness (QED) is 0.403. The minimum atomic E-state index is 0.522. The number of benzene rings is 1. The fraction of sp³-hybridized carbons (Fsp3) is 0.632. The Labute approximate surface area is 151 Å². The van der Waals surface area contributed by atoms with E-state index in [2.05, 4.69) is 29.4 Å². The van der Waals surface area contributed by atoms with Gasteiger partial charge in [0.15, 0.2) is 5.96 Å². The standard InChI is InChI=1S/C19H32N4O2/c1-3-20-19(21-9-12-25-18-7-5-4-6-8-18)22-15-17(2)16-23-10-13-24-14-11-23/h4-8,17H,3,9-16H2,1-2H3,(H2,20,21,22). The Kier molecular flexibility index (Phi) is 9.15. The molecule has 2 N–H and O–H groups in total. The Balaban J connectivity index is 1.67. The smallest absolute Gasteiger partial charge is 0.191 e. The molecule has 0 radical (unpaired) electrons. The van der Waals surface area contributed by atoms with Crippen molar-refractivity contribution in [2.24, 2.45) is 10.9 Å². The van der Waals surface area contributed by atoms with Crippen LogP contribution in [0.25, 0.3) is 0 Å². The van der Waals surface area contributed by atoms with E-state index in [9.17, 15) is 0 Å². The monoisotopic (exact) mass is 348 g/mol. The van der Waals surface area contributed by atoms with Crippen molar-refractivity contribution in [1.82, 2.24) is 15.5 Å². The molecule has 6 nitrogen and oxygen atoms in total. The van der Waals surface area contributed by atoms with Gasteiger partial charge in [0, 0.05) is 32.7 Å². The molecular formula is C19H32N4O2. The second-order valence-electron chi connectivity index (χ2n) is 6.33. The maximum Gasteiger partial charge on any atom is 0.191 e. The number of nitrogens with one attached hydrogen (secondary N) is 2. The molecule has 0 aromatic heterocycles. The van der Waals surface area contributed by atoms with Crippen LogP contribution in [0.15, 0.2) is 35.3 Å². The van der Waals surface area contributed by atoms with Crippen LogP contribution in [0.3, 0.4) is 0 Å². The fourth-order valence-corrected chi connectivity index (χ4v) is 2.73. The van der Waals surface area contributed by atoms with E-state index < -0.39 is 0 Å². The van der Waals surface area contributed by atoms with E-state index in [1.807, 2.05) is 30.3 Å². The molecule has 6 heteroatoms. The number of guanidine groups is 1. The number of aliphatic imine (C=N–C) groups is 1. The predicted octanol–water partition coefficient (Wildman–Crippen LogP) is 1.59. The molecule has 140 valence electrons. The zero-order chi connectivity index (χ0) is 17.7. The second-order valence-corrected chi connectivity index (χ2v) is 6.33. The van der Waals surface area contributed by atoms with E-state index in [1.54, 1.807) is 0 Å². The molecule has 1 aliphatic rings. The topological polar surface area (TPSA) is 58.1 Å². The summed E-state index contributed by atoms with van der Waals surface area (Å²) in [5.74, 6) is 2.27. The Bertz CT molecular complexity index is 489. The zero-order valence-corrected chi connectivity index (χ0v) is 15.5. The first kappa shape index (κ1) is 19.5. The first-order chi connectivity index (χ1) is 12.3. The Morgan fingerprint density at radius 1 is 1.24 bits per heavy atom. The minimum Gasteiger partial charge on any atom is -0.492 e. The van der Waals surface area contributed by atoms with Crippen molar-refractivity contribution in [2.75, 3.05) is 59.1 Å². The van der Waals surface area contributed by atoms with Gasteiger partial charge >= 0.3 is 0 Å². The summed E-state index contributed by atoms with van der Waals surface area (Å²) in [5.41, 5.74) is 0. The van der Waals surface area contributed by atoms with Crippen LogP contribution in [0.2, 0.25) is 0 Å². The average molecular weight is 348 g/mol. The molecule has 1 saturated heterocycles. The third-order valence-electron chi connectivity index (χ3n) is 3.99. The third-order valence-corrected chi connectivity index (χ3v) is 3.99. The molecule has 2 rings (SSSR count). The van der Waals surface area contributed by atoms with E-state index >= 15 is 0 Å². The van der Waals surface area contributed by atoms with Gasteiger partial charge in [-0.2, -0.15) is 0 Å². The maximum atomic E-state index is 5.70. The van der Waals surface area contributed by atoms with Crippen molar-refractivity contribution < 1.29 is 9.47 Å². The fourth-order valence-electron chi connectivity index (χ4n) is 2.73. The molecule has 1 aliphatic heterocycles. The lowest BCUT2D eigenvalue weighted by molar-refractivity contribution is 0.0323. The van der Waals surface area contributed by atoms with Gasteiger partial charge in [0.1, 0.15) is 12.4 Å². The van der Waals surface area contributed by atoms with E-state index in [0.717, 1.165) is 64.2 Å². The predicted molar refractivity (Wildman–Crippen MR) is 102 cm³/mol. The number of hydrogen-bond acceptors (Lipinski definition) is 4. The van der Waals surface area contributed by atoms with Crippen molar-refractivity contribution in [3.63, 3.8) is 0 Å². The molecule has 1 fully saturated rings. The SMILES string of the molecule is CCNC(=NCC(C)CN1CCOCC1)NCCOc1ccccc1. The average Bonchev–Trinajstić information content (AvgIpc) is 2.65. The largest absolute Gasteiger partial charge is 0.492 e. The lowest BCUT2D eigenvalue weighted by Crippen LogP contribution is -2.41. The van der Waals surface area contributed by atoms with Crippen LogP contribution in [-0.4, -0.2) is 69.9 Å². The molecule has 1 atom stereocenters. The number of ether oxygens (including phenoxy) is 2. The van der Waals surface area contributed by atoms with Crippen molar-refractivity contribution in [3.8, 4) is 5.75 Å². The zero-order valence-electron chi connectivity index (χ0n) is 15.5. The Morgan fingerprint density at radius 2 is 2.00 bits per heavy atom. The van der Waals surface area contributed by atoms with Gasteiger partial charge in [-0.05, 0) is 25.0 Å². The van der Waals surface area contributed by atoms with Crippen LogP contribution in [0.1, 0.15) is 13.8 Å². The summed E-state index contributed by atoms with van der Waals surface area (Å²) in [4.78, 5) is 7.16. The normalized spacial score (nSPS) is 17.1. The molecule has 0 saturated carbocycles. The lowest BCUT2D eigenvalue weighted by Gasteiger charge is -2.28. The lowest BCUT2D eigenvalue weighted by atomic mass is 10.1. The maximum absolute atomic E-state index is 5.70. The van der Waals surface area contributed by atoms with Crippen molar-refractivity contribution >= 4 is 5.96 Å². The third kappa shape index (κ3) is 8.23. The highest BCUT2D eigenvalue weighted by molar-refractivity contribution is 5.79. The minimum absolute atomic E-state index is 0.522. The molecule has 0 aliphatic carbocycles. The first-order valence-electron chi connectivity index (χ1n) is 9.28. The molecular weight excluding hydrogens is 316 g/mol. The molecule has 0 spiro atoms. The molecule has 25 heavy (non-hydrogen) atoms. The molecule has 1 aromatic carbocycles. The van der Waals surface area contributed by atoms with Gasteiger partial charge in [0.2, 0.25) is 0 Å². The van der Waals surface area contributed by atoms with Crippen LogP contribution in [0.5, 0.6) is 5.75 Å². The van der Waals surface area contributed by atoms with Gasteiger partial charge in [0.05, 0.1) is 19.8 Å². The van der Waals surface area contributed by atoms with Crippen LogP contribution in [-0.2, 0) is 4.74 Å². The van der Waals surface area contributed by atoms with Gasteiger partial charge in [-0.25, -0.2) is 0 Å². The van der Waals surface area contributed by atoms with E-state index in [0.29, 0.717) is 12.5 Å². The molecule has 0 amide bonds. The van der Waals surface area contributed by atoms with Crippen molar-refractivity contribution in [1.29, 1.82) is 0 Å². The van der Waals surface area contributed by atoms with Crippen LogP contribution >= 0.6 is 0 Å². The summed E-state index contributed by atoms with van der Waals surface area (Å²) < 4.78 is 11.1. The molecule has 0 bridgehead atoms. The van der Waals surface area contributed by atoms with E-state index in [4.69, 9.17) is 14.5 Å². The Morgan fingerprint density at radius 3 is 2.72 bits per heavy atom.